The fourth-order valence-electron chi connectivity index (χ4n) is 2.31. The molecule has 0 fully saturated rings. The van der Waals surface area contributed by atoms with Crippen molar-refractivity contribution in [3.63, 3.8) is 0 Å². The van der Waals surface area contributed by atoms with Crippen LogP contribution in [0.15, 0.2) is 53.4 Å². The number of rotatable bonds is 7. The van der Waals surface area contributed by atoms with Crippen LogP contribution in [0.3, 0.4) is 0 Å². The van der Waals surface area contributed by atoms with E-state index >= 15 is 0 Å². The Morgan fingerprint density at radius 2 is 1.48 bits per heavy atom. The number of aryl methyl sites for hydroxylation is 2. The van der Waals surface area contributed by atoms with E-state index in [0.29, 0.717) is 13.0 Å². The third-order valence-corrected chi connectivity index (χ3v) is 5.43. The minimum absolute atomic E-state index is 0.155. The highest BCUT2D eigenvalue weighted by atomic mass is 32.2. The van der Waals surface area contributed by atoms with Gasteiger partial charge < -0.3 is 5.32 Å². The summed E-state index contributed by atoms with van der Waals surface area (Å²) in [6.07, 6.45) is 0.366. The molecule has 0 bridgehead atoms. The van der Waals surface area contributed by atoms with Crippen LogP contribution < -0.4 is 10.0 Å². The van der Waals surface area contributed by atoms with Crippen LogP contribution in [0, 0.1) is 13.8 Å². The summed E-state index contributed by atoms with van der Waals surface area (Å²) < 4.78 is 27.4. The zero-order valence-corrected chi connectivity index (χ0v) is 15.6. The highest BCUT2D eigenvalue weighted by Crippen LogP contribution is 2.11. The van der Waals surface area contributed by atoms with Crippen molar-refractivity contribution < 1.29 is 13.2 Å². The van der Waals surface area contributed by atoms with Crippen molar-refractivity contribution in [1.29, 1.82) is 0 Å². The van der Waals surface area contributed by atoms with Crippen LogP contribution in [0.5, 0.6) is 0 Å². The quantitative estimate of drug-likeness (QED) is 0.797. The summed E-state index contributed by atoms with van der Waals surface area (Å²) in [5.41, 5.74) is 3.09. The molecule has 5 nitrogen and oxygen atoms in total. The molecule has 6 heteroatoms. The summed E-state index contributed by atoms with van der Waals surface area (Å²) in [6, 6.07) is 13.5. The fraction of sp³-hybridized carbons (Fsp3) is 0.316. The first-order valence-corrected chi connectivity index (χ1v) is 9.72. The normalized spacial score (nSPS) is 12.6. The van der Waals surface area contributed by atoms with Gasteiger partial charge in [0.15, 0.2) is 0 Å². The minimum atomic E-state index is -3.73. The van der Waals surface area contributed by atoms with Crippen molar-refractivity contribution in [2.24, 2.45) is 0 Å². The van der Waals surface area contributed by atoms with Gasteiger partial charge in [-0.2, -0.15) is 4.72 Å². The monoisotopic (exact) mass is 360 g/mol. The van der Waals surface area contributed by atoms with Gasteiger partial charge in [0.2, 0.25) is 15.9 Å². The molecule has 0 aliphatic carbocycles. The third-order valence-electron chi connectivity index (χ3n) is 3.94. The summed E-state index contributed by atoms with van der Waals surface area (Å²) in [5, 5.41) is 2.79. The van der Waals surface area contributed by atoms with E-state index in [-0.39, 0.29) is 10.8 Å². The van der Waals surface area contributed by atoms with E-state index in [1.165, 1.54) is 12.1 Å². The highest BCUT2D eigenvalue weighted by Gasteiger charge is 2.24. The van der Waals surface area contributed by atoms with Gasteiger partial charge >= 0.3 is 0 Å². The smallest absolute Gasteiger partial charge is 0.241 e. The van der Waals surface area contributed by atoms with Gasteiger partial charge in [0.1, 0.15) is 6.04 Å². The predicted octanol–water partition coefficient (Wildman–Crippen LogP) is 2.68. The zero-order valence-electron chi connectivity index (χ0n) is 14.7. The molecule has 1 amide bonds. The van der Waals surface area contributed by atoms with Gasteiger partial charge in [0.05, 0.1) is 4.90 Å². The highest BCUT2D eigenvalue weighted by molar-refractivity contribution is 7.89. The van der Waals surface area contributed by atoms with Gasteiger partial charge in [0, 0.05) is 6.54 Å². The van der Waals surface area contributed by atoms with E-state index in [4.69, 9.17) is 0 Å². The van der Waals surface area contributed by atoms with Gasteiger partial charge in [-0.1, -0.05) is 54.4 Å². The molecule has 25 heavy (non-hydrogen) atoms. The molecule has 0 aliphatic rings. The average Bonchev–Trinajstić information content (AvgIpc) is 2.59. The van der Waals surface area contributed by atoms with Gasteiger partial charge in [0.25, 0.3) is 0 Å². The van der Waals surface area contributed by atoms with Crippen LogP contribution in [0.4, 0.5) is 0 Å². The Morgan fingerprint density at radius 3 is 2.00 bits per heavy atom. The van der Waals surface area contributed by atoms with Gasteiger partial charge in [-0.05, 0) is 38.0 Å². The maximum Gasteiger partial charge on any atom is 0.241 e. The first-order chi connectivity index (χ1) is 11.8. The topological polar surface area (TPSA) is 75.3 Å². The van der Waals surface area contributed by atoms with Crippen molar-refractivity contribution in [3.8, 4) is 0 Å². The van der Waals surface area contributed by atoms with Crippen LogP contribution in [0.25, 0.3) is 0 Å². The molecule has 134 valence electrons. The summed E-state index contributed by atoms with van der Waals surface area (Å²) in [7, 11) is -3.73. The largest absolute Gasteiger partial charge is 0.351 e. The van der Waals surface area contributed by atoms with Crippen molar-refractivity contribution >= 4 is 15.9 Å². The molecule has 0 saturated carbocycles. The Hall–Kier alpha value is -2.18. The summed E-state index contributed by atoms with van der Waals surface area (Å²) in [5.74, 6) is -0.334. The maximum atomic E-state index is 12.4. The molecular weight excluding hydrogens is 336 g/mol. The number of carbonyl (C=O) groups is 1. The van der Waals surface area contributed by atoms with Crippen molar-refractivity contribution in [1.82, 2.24) is 10.0 Å². The number of benzene rings is 2. The second-order valence-corrected chi connectivity index (χ2v) is 7.81. The summed E-state index contributed by atoms with van der Waals surface area (Å²) in [4.78, 5) is 12.5. The molecular formula is C19H24N2O3S. The first-order valence-electron chi connectivity index (χ1n) is 8.24. The molecule has 0 saturated heterocycles. The molecule has 2 N–H and O–H groups in total. The van der Waals surface area contributed by atoms with E-state index in [2.05, 4.69) is 10.0 Å². The Labute approximate surface area is 149 Å². The molecule has 2 aromatic rings. The fourth-order valence-corrected chi connectivity index (χ4v) is 3.59. The molecule has 0 heterocycles. The molecule has 1 atom stereocenters. The van der Waals surface area contributed by atoms with Crippen LogP contribution in [-0.2, 0) is 21.4 Å². The first kappa shape index (κ1) is 19.1. The van der Waals surface area contributed by atoms with Crippen LogP contribution >= 0.6 is 0 Å². The lowest BCUT2D eigenvalue weighted by Gasteiger charge is -2.17. The number of hydrogen-bond donors (Lipinski definition) is 2. The molecule has 0 aromatic heterocycles. The van der Waals surface area contributed by atoms with Crippen LogP contribution in [-0.4, -0.2) is 20.4 Å². The molecule has 2 rings (SSSR count). The van der Waals surface area contributed by atoms with E-state index in [0.717, 1.165) is 16.7 Å². The van der Waals surface area contributed by atoms with Gasteiger partial charge in [-0.3, -0.25) is 4.79 Å². The zero-order chi connectivity index (χ0) is 18.4. The number of carbonyl (C=O) groups excluding carboxylic acids is 1. The van der Waals surface area contributed by atoms with Crippen molar-refractivity contribution in [2.75, 3.05) is 0 Å². The molecule has 0 aliphatic heterocycles. The number of nitrogens with one attached hydrogen (secondary N) is 2. The Kier molecular flexibility index (Phi) is 6.33. The average molecular weight is 360 g/mol. The molecule has 0 spiro atoms. The van der Waals surface area contributed by atoms with Crippen molar-refractivity contribution in [3.05, 3.63) is 65.2 Å². The molecule has 0 radical (unpaired) electrons. The second-order valence-electron chi connectivity index (χ2n) is 6.10. The van der Waals surface area contributed by atoms with Crippen LogP contribution in [0.2, 0.25) is 0 Å². The number of hydrogen-bond acceptors (Lipinski definition) is 3. The Balaban J connectivity index is 2.01. The van der Waals surface area contributed by atoms with E-state index < -0.39 is 16.1 Å². The predicted molar refractivity (Wildman–Crippen MR) is 98.6 cm³/mol. The third kappa shape index (κ3) is 5.41. The SMILES string of the molecule is CCC(NS(=O)(=O)c1ccc(C)cc1)C(=O)NCc1ccc(C)cc1. The van der Waals surface area contributed by atoms with E-state index in [1.807, 2.05) is 38.1 Å². The van der Waals surface area contributed by atoms with Crippen molar-refractivity contribution in [2.45, 2.75) is 44.7 Å². The second kappa shape index (κ2) is 8.27. The van der Waals surface area contributed by atoms with E-state index in [1.54, 1.807) is 19.1 Å². The Morgan fingerprint density at radius 1 is 0.960 bits per heavy atom. The lowest BCUT2D eigenvalue weighted by molar-refractivity contribution is -0.122. The number of amides is 1. The van der Waals surface area contributed by atoms with Crippen LogP contribution in [0.1, 0.15) is 30.0 Å². The lowest BCUT2D eigenvalue weighted by atomic mass is 10.1. The Bertz CT molecular complexity index is 813. The summed E-state index contributed by atoms with van der Waals surface area (Å²) >= 11 is 0. The van der Waals surface area contributed by atoms with Gasteiger partial charge in [-0.15, -0.1) is 0 Å². The minimum Gasteiger partial charge on any atom is -0.351 e. The molecule has 1 unspecified atom stereocenters. The van der Waals surface area contributed by atoms with Gasteiger partial charge in [-0.25, -0.2) is 8.42 Å². The van der Waals surface area contributed by atoms with E-state index in [9.17, 15) is 13.2 Å². The molecule has 2 aromatic carbocycles. The number of sulfonamides is 1. The standard InChI is InChI=1S/C19H24N2O3S/c1-4-18(19(22)20-13-16-9-5-14(2)6-10-16)21-25(23,24)17-11-7-15(3)8-12-17/h5-12,18,21H,4,13H2,1-3H3,(H,20,22). The lowest BCUT2D eigenvalue weighted by Crippen LogP contribution is -2.46. The summed E-state index contributed by atoms with van der Waals surface area (Å²) in [6.45, 7) is 6.02. The maximum absolute atomic E-state index is 12.4.